The van der Waals surface area contributed by atoms with Gasteiger partial charge in [0, 0.05) is 32.1 Å². The molecule has 3 rings (SSSR count). The van der Waals surface area contributed by atoms with Gasteiger partial charge < -0.3 is 14.7 Å². The van der Waals surface area contributed by atoms with Crippen molar-refractivity contribution in [2.75, 3.05) is 18.4 Å². The van der Waals surface area contributed by atoms with Crippen LogP contribution in [0.2, 0.25) is 0 Å². The number of anilines is 1. The summed E-state index contributed by atoms with van der Waals surface area (Å²) >= 11 is 0. The number of urea groups is 1. The maximum Gasteiger partial charge on any atom is 0.321 e. The number of carbonyl (C=O) groups excluding carboxylic acids is 1. The lowest BCUT2D eigenvalue weighted by molar-refractivity contribution is 0.181. The van der Waals surface area contributed by atoms with Crippen LogP contribution in [-0.4, -0.2) is 42.6 Å². The SMILES string of the molecule is Cc1nc(CC2CCN(C(=O)Nc3cccc(S(N)(=O)=O)c3)CC2)no1. The summed E-state index contributed by atoms with van der Waals surface area (Å²) in [5, 5.41) is 11.7. The molecule has 0 aliphatic carbocycles. The van der Waals surface area contributed by atoms with Crippen LogP contribution in [0, 0.1) is 12.8 Å². The normalized spacial score (nSPS) is 15.8. The summed E-state index contributed by atoms with van der Waals surface area (Å²) < 4.78 is 27.8. The van der Waals surface area contributed by atoms with Gasteiger partial charge in [0.1, 0.15) is 0 Å². The van der Waals surface area contributed by atoms with Crippen molar-refractivity contribution >= 4 is 21.7 Å². The number of primary sulfonamides is 1. The summed E-state index contributed by atoms with van der Waals surface area (Å²) in [7, 11) is -3.81. The molecular formula is C16H21N5O4S. The minimum Gasteiger partial charge on any atom is -0.340 e. The number of aryl methyl sites for hydroxylation is 1. The molecule has 26 heavy (non-hydrogen) atoms. The Labute approximate surface area is 151 Å². The van der Waals surface area contributed by atoms with Gasteiger partial charge >= 0.3 is 6.03 Å². The molecule has 10 heteroatoms. The van der Waals surface area contributed by atoms with E-state index in [1.165, 1.54) is 18.2 Å². The number of hydrogen-bond acceptors (Lipinski definition) is 6. The minimum absolute atomic E-state index is 0.0376. The Kier molecular flexibility index (Phi) is 5.23. The van der Waals surface area contributed by atoms with Crippen molar-refractivity contribution < 1.29 is 17.7 Å². The van der Waals surface area contributed by atoms with Gasteiger partial charge in [-0.1, -0.05) is 11.2 Å². The van der Waals surface area contributed by atoms with E-state index in [0.29, 0.717) is 36.4 Å². The molecule has 2 heterocycles. The van der Waals surface area contributed by atoms with Crippen molar-refractivity contribution in [2.24, 2.45) is 11.1 Å². The molecule has 0 saturated carbocycles. The average molecular weight is 379 g/mol. The van der Waals surface area contributed by atoms with Crippen molar-refractivity contribution in [3.05, 3.63) is 36.0 Å². The molecule has 0 atom stereocenters. The number of rotatable bonds is 4. The monoisotopic (exact) mass is 379 g/mol. The molecule has 9 nitrogen and oxygen atoms in total. The van der Waals surface area contributed by atoms with E-state index in [1.54, 1.807) is 17.9 Å². The Morgan fingerprint density at radius 1 is 1.38 bits per heavy atom. The smallest absolute Gasteiger partial charge is 0.321 e. The first kappa shape index (κ1) is 18.3. The topological polar surface area (TPSA) is 131 Å². The van der Waals surface area contributed by atoms with Gasteiger partial charge in [-0.2, -0.15) is 4.98 Å². The van der Waals surface area contributed by atoms with Gasteiger partial charge in [-0.25, -0.2) is 18.4 Å². The molecule has 1 saturated heterocycles. The maximum atomic E-state index is 12.4. The molecule has 1 aliphatic rings. The Morgan fingerprint density at radius 2 is 2.12 bits per heavy atom. The molecule has 2 aromatic rings. The van der Waals surface area contributed by atoms with Crippen LogP contribution in [0.1, 0.15) is 24.6 Å². The van der Waals surface area contributed by atoms with Gasteiger partial charge in [-0.15, -0.1) is 0 Å². The molecule has 1 fully saturated rings. The summed E-state index contributed by atoms with van der Waals surface area (Å²) in [6.07, 6.45) is 2.43. The molecule has 0 radical (unpaired) electrons. The Bertz CT molecular complexity index is 888. The van der Waals surface area contributed by atoms with Crippen LogP contribution < -0.4 is 10.5 Å². The fraction of sp³-hybridized carbons (Fsp3) is 0.438. The Balaban J connectivity index is 1.54. The first-order valence-corrected chi connectivity index (χ1v) is 9.84. The molecule has 2 amide bonds. The number of piperidine rings is 1. The summed E-state index contributed by atoms with van der Waals surface area (Å²) in [4.78, 5) is 18.3. The second-order valence-corrected chi connectivity index (χ2v) is 7.93. The lowest BCUT2D eigenvalue weighted by Crippen LogP contribution is -2.41. The number of nitrogens with zero attached hydrogens (tertiary/aromatic N) is 3. The van der Waals surface area contributed by atoms with Gasteiger partial charge in [0.05, 0.1) is 4.90 Å². The number of amides is 2. The number of aromatic nitrogens is 2. The molecule has 1 aromatic heterocycles. The molecule has 3 N–H and O–H groups in total. The van der Waals surface area contributed by atoms with Gasteiger partial charge in [0.15, 0.2) is 5.82 Å². The van der Waals surface area contributed by atoms with Crippen LogP contribution in [0.4, 0.5) is 10.5 Å². The summed E-state index contributed by atoms with van der Waals surface area (Å²) in [5.74, 6) is 1.66. The summed E-state index contributed by atoms with van der Waals surface area (Å²) in [6.45, 7) is 2.98. The number of likely N-dealkylation sites (tertiary alicyclic amines) is 1. The van der Waals surface area contributed by atoms with Gasteiger partial charge in [-0.05, 0) is 37.0 Å². The number of hydrogen-bond donors (Lipinski definition) is 2. The summed E-state index contributed by atoms with van der Waals surface area (Å²) in [5.41, 5.74) is 0.394. The van der Waals surface area contributed by atoms with Crippen molar-refractivity contribution in [2.45, 2.75) is 31.1 Å². The summed E-state index contributed by atoms with van der Waals surface area (Å²) in [6, 6.07) is 5.63. The van der Waals surface area contributed by atoms with E-state index in [0.717, 1.165) is 19.3 Å². The third-order valence-corrected chi connectivity index (χ3v) is 5.27. The predicted octanol–water partition coefficient (Wildman–Crippen LogP) is 1.51. The van der Waals surface area contributed by atoms with Crippen molar-refractivity contribution in [3.8, 4) is 0 Å². The number of carbonyl (C=O) groups is 1. The number of nitrogens with two attached hydrogens (primary N) is 1. The van der Waals surface area contributed by atoms with Crippen LogP contribution in [-0.2, 0) is 16.4 Å². The van der Waals surface area contributed by atoms with E-state index in [1.807, 2.05) is 0 Å². The number of nitrogens with one attached hydrogen (secondary N) is 1. The fourth-order valence-electron chi connectivity index (χ4n) is 2.98. The standard InChI is InChI=1S/C16H21N5O4S/c1-11-18-15(20-25-11)9-12-5-7-21(8-6-12)16(22)19-13-3-2-4-14(10-13)26(17,23)24/h2-4,10,12H,5-9H2,1H3,(H,19,22)(H2,17,23,24). The third-order valence-electron chi connectivity index (χ3n) is 4.36. The van der Waals surface area contributed by atoms with Crippen LogP contribution in [0.5, 0.6) is 0 Å². The molecule has 1 aromatic carbocycles. The average Bonchev–Trinajstić information content (AvgIpc) is 3.00. The van der Waals surface area contributed by atoms with Gasteiger partial charge in [0.2, 0.25) is 15.9 Å². The lowest BCUT2D eigenvalue weighted by atomic mass is 9.93. The highest BCUT2D eigenvalue weighted by Gasteiger charge is 2.24. The highest BCUT2D eigenvalue weighted by Crippen LogP contribution is 2.22. The van der Waals surface area contributed by atoms with Gasteiger partial charge in [0.25, 0.3) is 0 Å². The zero-order valence-corrected chi connectivity index (χ0v) is 15.2. The highest BCUT2D eigenvalue weighted by molar-refractivity contribution is 7.89. The van der Waals surface area contributed by atoms with Crippen LogP contribution in [0.3, 0.4) is 0 Å². The van der Waals surface area contributed by atoms with E-state index in [4.69, 9.17) is 9.66 Å². The third kappa shape index (κ3) is 4.58. The lowest BCUT2D eigenvalue weighted by Gasteiger charge is -2.31. The van der Waals surface area contributed by atoms with Crippen LogP contribution in [0.25, 0.3) is 0 Å². The second kappa shape index (κ2) is 7.42. The predicted molar refractivity (Wildman–Crippen MR) is 93.9 cm³/mol. The minimum atomic E-state index is -3.81. The second-order valence-electron chi connectivity index (χ2n) is 6.37. The number of sulfonamides is 1. The van der Waals surface area contributed by atoms with E-state index < -0.39 is 10.0 Å². The zero-order chi connectivity index (χ0) is 18.7. The van der Waals surface area contributed by atoms with Crippen LogP contribution in [0.15, 0.2) is 33.7 Å². The maximum absolute atomic E-state index is 12.4. The van der Waals surface area contributed by atoms with Crippen molar-refractivity contribution in [1.29, 1.82) is 0 Å². The first-order valence-electron chi connectivity index (χ1n) is 8.29. The van der Waals surface area contributed by atoms with Crippen molar-refractivity contribution in [3.63, 3.8) is 0 Å². The largest absolute Gasteiger partial charge is 0.340 e. The van der Waals surface area contributed by atoms with E-state index in [2.05, 4.69) is 15.5 Å². The fourth-order valence-corrected chi connectivity index (χ4v) is 3.54. The van der Waals surface area contributed by atoms with E-state index in [-0.39, 0.29) is 10.9 Å². The molecular weight excluding hydrogens is 358 g/mol. The Hall–Kier alpha value is -2.46. The Morgan fingerprint density at radius 3 is 2.73 bits per heavy atom. The molecule has 0 spiro atoms. The quantitative estimate of drug-likeness (QED) is 0.828. The van der Waals surface area contributed by atoms with Crippen molar-refractivity contribution in [1.82, 2.24) is 15.0 Å². The van der Waals surface area contributed by atoms with Crippen LogP contribution >= 0.6 is 0 Å². The highest BCUT2D eigenvalue weighted by atomic mass is 32.2. The molecule has 1 aliphatic heterocycles. The molecule has 140 valence electrons. The van der Waals surface area contributed by atoms with E-state index >= 15 is 0 Å². The zero-order valence-electron chi connectivity index (χ0n) is 14.4. The molecule has 0 unspecified atom stereocenters. The number of benzene rings is 1. The van der Waals surface area contributed by atoms with Gasteiger partial charge in [-0.3, -0.25) is 0 Å². The molecule has 0 bridgehead atoms. The first-order chi connectivity index (χ1) is 12.3. The van der Waals surface area contributed by atoms with E-state index in [9.17, 15) is 13.2 Å².